The van der Waals surface area contributed by atoms with Crippen LogP contribution in [0.4, 0.5) is 11.4 Å². The summed E-state index contributed by atoms with van der Waals surface area (Å²) in [6.07, 6.45) is 0. The van der Waals surface area contributed by atoms with Gasteiger partial charge in [0, 0.05) is 22.0 Å². The van der Waals surface area contributed by atoms with Crippen molar-refractivity contribution < 1.29 is 4.79 Å². The SMILES string of the molecule is Cc1ccc(Cl)cc1NC(=O)c1ccc(N)cc1C. The van der Waals surface area contributed by atoms with Crippen molar-refractivity contribution in [2.24, 2.45) is 0 Å². The fourth-order valence-electron chi connectivity index (χ4n) is 1.86. The number of nitrogens with two attached hydrogens (primary N) is 1. The van der Waals surface area contributed by atoms with Gasteiger partial charge in [-0.2, -0.15) is 0 Å². The Balaban J connectivity index is 2.28. The van der Waals surface area contributed by atoms with Gasteiger partial charge in [0.05, 0.1) is 0 Å². The van der Waals surface area contributed by atoms with E-state index in [0.717, 1.165) is 11.1 Å². The van der Waals surface area contributed by atoms with E-state index in [0.29, 0.717) is 22.0 Å². The molecular formula is C15H15ClN2O. The predicted molar refractivity (Wildman–Crippen MR) is 79.7 cm³/mol. The monoisotopic (exact) mass is 274 g/mol. The average Bonchev–Trinajstić information content (AvgIpc) is 2.33. The zero-order chi connectivity index (χ0) is 14.0. The summed E-state index contributed by atoms with van der Waals surface area (Å²) in [5.74, 6) is -0.164. The summed E-state index contributed by atoms with van der Waals surface area (Å²) < 4.78 is 0. The minimum Gasteiger partial charge on any atom is -0.399 e. The molecule has 0 aliphatic heterocycles. The maximum Gasteiger partial charge on any atom is 0.255 e. The van der Waals surface area contributed by atoms with E-state index in [-0.39, 0.29) is 5.91 Å². The van der Waals surface area contributed by atoms with Gasteiger partial charge in [-0.1, -0.05) is 17.7 Å². The molecule has 1 amide bonds. The number of hydrogen-bond acceptors (Lipinski definition) is 2. The van der Waals surface area contributed by atoms with Crippen LogP contribution >= 0.6 is 11.6 Å². The summed E-state index contributed by atoms with van der Waals surface area (Å²) >= 11 is 5.93. The van der Waals surface area contributed by atoms with Gasteiger partial charge in [0.1, 0.15) is 0 Å². The van der Waals surface area contributed by atoms with Crippen molar-refractivity contribution in [3.63, 3.8) is 0 Å². The lowest BCUT2D eigenvalue weighted by Gasteiger charge is -2.10. The number of anilines is 2. The highest BCUT2D eigenvalue weighted by Gasteiger charge is 2.10. The first-order valence-corrected chi connectivity index (χ1v) is 6.29. The van der Waals surface area contributed by atoms with Crippen LogP contribution in [-0.2, 0) is 0 Å². The second-order valence-corrected chi connectivity index (χ2v) is 4.92. The molecule has 0 atom stereocenters. The zero-order valence-corrected chi connectivity index (χ0v) is 11.6. The van der Waals surface area contributed by atoms with Crippen LogP contribution in [0.15, 0.2) is 36.4 Å². The molecule has 0 spiro atoms. The summed E-state index contributed by atoms with van der Waals surface area (Å²) in [6.45, 7) is 3.78. The van der Waals surface area contributed by atoms with Crippen molar-refractivity contribution in [2.75, 3.05) is 11.1 Å². The molecule has 19 heavy (non-hydrogen) atoms. The minimum atomic E-state index is -0.164. The van der Waals surface area contributed by atoms with Gasteiger partial charge in [0.2, 0.25) is 0 Å². The van der Waals surface area contributed by atoms with E-state index in [4.69, 9.17) is 17.3 Å². The van der Waals surface area contributed by atoms with Crippen LogP contribution in [0.5, 0.6) is 0 Å². The van der Waals surface area contributed by atoms with Crippen molar-refractivity contribution in [1.29, 1.82) is 0 Å². The van der Waals surface area contributed by atoms with Crippen LogP contribution in [0, 0.1) is 13.8 Å². The molecule has 4 heteroatoms. The van der Waals surface area contributed by atoms with Gasteiger partial charge >= 0.3 is 0 Å². The number of hydrogen-bond donors (Lipinski definition) is 2. The van der Waals surface area contributed by atoms with E-state index in [1.807, 2.05) is 19.9 Å². The number of carbonyl (C=O) groups excluding carboxylic acids is 1. The molecule has 2 aromatic carbocycles. The molecule has 0 aliphatic rings. The zero-order valence-electron chi connectivity index (χ0n) is 10.8. The Hall–Kier alpha value is -2.00. The molecule has 2 aromatic rings. The fourth-order valence-corrected chi connectivity index (χ4v) is 2.03. The molecule has 0 heterocycles. The van der Waals surface area contributed by atoms with Gasteiger partial charge in [-0.25, -0.2) is 0 Å². The molecule has 2 rings (SSSR count). The summed E-state index contributed by atoms with van der Waals surface area (Å²) in [5, 5.41) is 3.46. The van der Waals surface area contributed by atoms with E-state index in [1.165, 1.54) is 0 Å². The molecular weight excluding hydrogens is 260 g/mol. The topological polar surface area (TPSA) is 55.1 Å². The third-order valence-corrected chi connectivity index (χ3v) is 3.18. The summed E-state index contributed by atoms with van der Waals surface area (Å²) in [5.41, 5.74) is 9.45. The molecule has 0 aromatic heterocycles. The molecule has 0 saturated heterocycles. The highest BCUT2D eigenvalue weighted by atomic mass is 35.5. The third kappa shape index (κ3) is 3.06. The normalized spacial score (nSPS) is 10.3. The summed E-state index contributed by atoms with van der Waals surface area (Å²) in [6, 6.07) is 10.6. The minimum absolute atomic E-state index is 0.164. The van der Waals surface area contributed by atoms with Gasteiger partial charge in [-0.15, -0.1) is 0 Å². The number of nitrogens with one attached hydrogen (secondary N) is 1. The number of benzene rings is 2. The molecule has 0 aliphatic carbocycles. The molecule has 3 N–H and O–H groups in total. The lowest BCUT2D eigenvalue weighted by atomic mass is 10.1. The van der Waals surface area contributed by atoms with Crippen molar-refractivity contribution in [2.45, 2.75) is 13.8 Å². The molecule has 0 fully saturated rings. The maximum absolute atomic E-state index is 12.2. The quantitative estimate of drug-likeness (QED) is 0.819. The Morgan fingerprint density at radius 3 is 2.53 bits per heavy atom. The number of aryl methyl sites for hydroxylation is 2. The summed E-state index contributed by atoms with van der Waals surface area (Å²) in [7, 11) is 0. The van der Waals surface area contributed by atoms with Crippen molar-refractivity contribution in [1.82, 2.24) is 0 Å². The number of nitrogen functional groups attached to an aromatic ring is 1. The lowest BCUT2D eigenvalue weighted by molar-refractivity contribution is 0.102. The van der Waals surface area contributed by atoms with Gasteiger partial charge in [0.15, 0.2) is 0 Å². The van der Waals surface area contributed by atoms with Crippen molar-refractivity contribution in [3.05, 3.63) is 58.1 Å². The molecule has 0 bridgehead atoms. The van der Waals surface area contributed by atoms with Gasteiger partial charge < -0.3 is 11.1 Å². The average molecular weight is 275 g/mol. The maximum atomic E-state index is 12.2. The standard InChI is InChI=1S/C15H15ClN2O/c1-9-3-4-11(16)8-14(9)18-15(19)13-6-5-12(17)7-10(13)2/h3-8H,17H2,1-2H3,(H,18,19). The number of amides is 1. The van der Waals surface area contributed by atoms with Crippen molar-refractivity contribution >= 4 is 28.9 Å². The Morgan fingerprint density at radius 1 is 1.11 bits per heavy atom. The molecule has 0 radical (unpaired) electrons. The number of rotatable bonds is 2. The van der Waals surface area contributed by atoms with E-state index in [1.54, 1.807) is 30.3 Å². The largest absolute Gasteiger partial charge is 0.399 e. The molecule has 0 saturated carbocycles. The van der Waals surface area contributed by atoms with Crippen LogP contribution in [0.2, 0.25) is 5.02 Å². The number of halogens is 1. The molecule has 0 unspecified atom stereocenters. The second kappa shape index (κ2) is 5.33. The predicted octanol–water partition coefficient (Wildman–Crippen LogP) is 3.79. The Kier molecular flexibility index (Phi) is 3.76. The molecule has 3 nitrogen and oxygen atoms in total. The van der Waals surface area contributed by atoms with E-state index in [2.05, 4.69) is 5.32 Å². The van der Waals surface area contributed by atoms with Gasteiger partial charge in [-0.05, 0) is 55.3 Å². The van der Waals surface area contributed by atoms with Crippen LogP contribution in [0.3, 0.4) is 0 Å². The Bertz CT molecular complexity index is 638. The molecule has 98 valence electrons. The first-order chi connectivity index (χ1) is 8.97. The van der Waals surface area contributed by atoms with Crippen LogP contribution in [0.25, 0.3) is 0 Å². The first kappa shape index (κ1) is 13.4. The highest BCUT2D eigenvalue weighted by Crippen LogP contribution is 2.21. The summed E-state index contributed by atoms with van der Waals surface area (Å²) in [4.78, 5) is 12.2. The third-order valence-electron chi connectivity index (χ3n) is 2.94. The highest BCUT2D eigenvalue weighted by molar-refractivity contribution is 6.31. The van der Waals surface area contributed by atoms with E-state index < -0.39 is 0 Å². The van der Waals surface area contributed by atoms with Gasteiger partial charge in [0.25, 0.3) is 5.91 Å². The van der Waals surface area contributed by atoms with Crippen LogP contribution in [-0.4, -0.2) is 5.91 Å². The second-order valence-electron chi connectivity index (χ2n) is 4.49. The Labute approximate surface area is 117 Å². The van der Waals surface area contributed by atoms with Crippen LogP contribution < -0.4 is 11.1 Å². The van der Waals surface area contributed by atoms with E-state index in [9.17, 15) is 4.79 Å². The van der Waals surface area contributed by atoms with E-state index >= 15 is 0 Å². The fraction of sp³-hybridized carbons (Fsp3) is 0.133. The van der Waals surface area contributed by atoms with Crippen LogP contribution in [0.1, 0.15) is 21.5 Å². The Morgan fingerprint density at radius 2 is 1.84 bits per heavy atom. The first-order valence-electron chi connectivity index (χ1n) is 5.91. The number of carbonyl (C=O) groups is 1. The van der Waals surface area contributed by atoms with Crippen molar-refractivity contribution in [3.8, 4) is 0 Å². The lowest BCUT2D eigenvalue weighted by Crippen LogP contribution is -2.14. The smallest absolute Gasteiger partial charge is 0.255 e. The van der Waals surface area contributed by atoms with Gasteiger partial charge in [-0.3, -0.25) is 4.79 Å².